The standard InChI is InChI=1S/C26H34N8O4.CH2O2/c1-6-33-18-9-8-16(37-13-12-29-25(36)38-26(3,4)5)14-19(18)34(7-2)20(33)15-30-24(35)21-22(27)32-23-17(31-21)10-11-28-23;2-1-3/h8-11,14H,6-7,12-13,15H2,1-5H3,(H4-,27,28,29,30,31,32,35,36);1H,(H,2,3). The second-order valence-electron chi connectivity index (χ2n) is 9.78. The van der Waals surface area contributed by atoms with Crippen LogP contribution >= 0.6 is 0 Å². The van der Waals surface area contributed by atoms with Gasteiger partial charge in [-0.1, -0.05) is 0 Å². The molecule has 220 valence electrons. The lowest BCUT2D eigenvalue weighted by molar-refractivity contribution is -0.676. The number of ether oxygens (including phenoxy) is 2. The van der Waals surface area contributed by atoms with Crippen LogP contribution in [0.3, 0.4) is 0 Å². The number of alkyl carbamates (subject to hydrolysis) is 1. The average Bonchev–Trinajstić information content (AvgIpc) is 3.49. The van der Waals surface area contributed by atoms with E-state index in [0.717, 1.165) is 16.9 Å². The van der Waals surface area contributed by atoms with Gasteiger partial charge >= 0.3 is 6.09 Å². The highest BCUT2D eigenvalue weighted by Crippen LogP contribution is 2.22. The zero-order valence-corrected chi connectivity index (χ0v) is 23.8. The molecule has 0 saturated heterocycles. The number of nitrogens with zero attached hydrogens (tertiary/aromatic N) is 4. The lowest BCUT2D eigenvalue weighted by atomic mass is 10.2. The van der Waals surface area contributed by atoms with Gasteiger partial charge in [0.15, 0.2) is 28.2 Å². The first-order valence-corrected chi connectivity index (χ1v) is 13.1. The van der Waals surface area contributed by atoms with Crippen LogP contribution in [0, 0.1) is 0 Å². The summed E-state index contributed by atoms with van der Waals surface area (Å²) in [5.41, 5.74) is 8.63. The quantitative estimate of drug-likeness (QED) is 0.130. The third-order valence-electron chi connectivity index (χ3n) is 5.86. The molecule has 0 aliphatic carbocycles. The van der Waals surface area contributed by atoms with Crippen molar-refractivity contribution in [3.63, 3.8) is 0 Å². The first kappa shape index (κ1) is 30.7. The van der Waals surface area contributed by atoms with Gasteiger partial charge in [0.1, 0.15) is 30.0 Å². The number of hydrogen-bond donors (Lipinski definition) is 4. The minimum atomic E-state index is -0.552. The molecule has 41 heavy (non-hydrogen) atoms. The van der Waals surface area contributed by atoms with Gasteiger partial charge in [0, 0.05) is 18.7 Å². The van der Waals surface area contributed by atoms with Gasteiger partial charge in [-0.3, -0.25) is 4.79 Å². The van der Waals surface area contributed by atoms with Crippen molar-refractivity contribution in [2.75, 3.05) is 18.9 Å². The molecule has 14 heteroatoms. The zero-order chi connectivity index (χ0) is 30.2. The van der Waals surface area contributed by atoms with Crippen molar-refractivity contribution in [1.29, 1.82) is 0 Å². The number of imidazole rings is 1. The van der Waals surface area contributed by atoms with Gasteiger partial charge in [-0.25, -0.2) is 23.9 Å². The van der Waals surface area contributed by atoms with E-state index in [1.807, 2.05) is 45.9 Å². The van der Waals surface area contributed by atoms with E-state index in [4.69, 9.17) is 25.1 Å². The number of rotatable bonds is 9. The number of aromatic amines is 1. The predicted octanol–water partition coefficient (Wildman–Crippen LogP) is 1.02. The molecule has 0 fully saturated rings. The summed E-state index contributed by atoms with van der Waals surface area (Å²) in [5.74, 6) is 1.28. The van der Waals surface area contributed by atoms with Crippen LogP contribution in [0.1, 0.15) is 50.9 Å². The maximum atomic E-state index is 13.0. The molecule has 0 aliphatic heterocycles. The Morgan fingerprint density at radius 1 is 1.20 bits per heavy atom. The Labute approximate surface area is 236 Å². The van der Waals surface area contributed by atoms with Crippen LogP contribution < -0.4 is 30.8 Å². The number of carbonyl (C=O) groups excluding carboxylic acids is 3. The first-order valence-electron chi connectivity index (χ1n) is 13.1. The van der Waals surface area contributed by atoms with E-state index in [1.165, 1.54) is 0 Å². The lowest BCUT2D eigenvalue weighted by Crippen LogP contribution is -2.40. The van der Waals surface area contributed by atoms with E-state index < -0.39 is 24.1 Å². The van der Waals surface area contributed by atoms with Gasteiger partial charge in [0.2, 0.25) is 0 Å². The SMILES string of the molecule is CCn1c(CNC(=O)c2nc3cc[nH]c3nc2N)[n+](CC)c2ccc(OCCNC(=O)OC(C)(C)C)cc21.O=C[O-]. The monoisotopic (exact) mass is 568 g/mol. The molecule has 0 aliphatic rings. The number of nitrogens with two attached hydrogens (primary N) is 1. The molecule has 4 aromatic rings. The Morgan fingerprint density at radius 3 is 2.59 bits per heavy atom. The highest BCUT2D eigenvalue weighted by Gasteiger charge is 2.25. The number of H-pyrrole nitrogens is 1. The summed E-state index contributed by atoms with van der Waals surface area (Å²) in [6.45, 7) is 11.3. The number of nitrogens with one attached hydrogen (secondary N) is 3. The molecule has 4 rings (SSSR count). The van der Waals surface area contributed by atoms with Crippen molar-refractivity contribution in [2.24, 2.45) is 0 Å². The van der Waals surface area contributed by atoms with Crippen molar-refractivity contribution in [1.82, 2.24) is 30.2 Å². The van der Waals surface area contributed by atoms with E-state index in [9.17, 15) is 9.59 Å². The first-order chi connectivity index (χ1) is 19.5. The predicted molar refractivity (Wildman–Crippen MR) is 149 cm³/mol. The van der Waals surface area contributed by atoms with Crippen LogP contribution in [-0.2, 0) is 29.2 Å². The average molecular weight is 569 g/mol. The zero-order valence-electron chi connectivity index (χ0n) is 23.8. The second kappa shape index (κ2) is 13.5. The van der Waals surface area contributed by atoms with Crippen molar-refractivity contribution in [3.05, 3.63) is 42.0 Å². The molecule has 5 N–H and O–H groups in total. The molecule has 2 amide bonds. The van der Waals surface area contributed by atoms with Crippen LogP contribution in [0.2, 0.25) is 0 Å². The molecule has 0 spiro atoms. The van der Waals surface area contributed by atoms with Gasteiger partial charge in [-0.05, 0) is 52.8 Å². The van der Waals surface area contributed by atoms with Crippen LogP contribution in [0.25, 0.3) is 22.2 Å². The number of amides is 2. The van der Waals surface area contributed by atoms with E-state index in [0.29, 0.717) is 43.2 Å². The number of nitrogen functional groups attached to an aromatic ring is 1. The van der Waals surface area contributed by atoms with E-state index >= 15 is 0 Å². The summed E-state index contributed by atoms with van der Waals surface area (Å²) >= 11 is 0. The summed E-state index contributed by atoms with van der Waals surface area (Å²) in [6, 6.07) is 7.60. The van der Waals surface area contributed by atoms with Gasteiger partial charge in [0.05, 0.1) is 19.6 Å². The number of hydrogen-bond acceptors (Lipinski definition) is 9. The number of carbonyl (C=O) groups is 3. The third kappa shape index (κ3) is 7.62. The smallest absolute Gasteiger partial charge is 0.407 e. The van der Waals surface area contributed by atoms with Gasteiger partial charge in [-0.2, -0.15) is 0 Å². The summed E-state index contributed by atoms with van der Waals surface area (Å²) in [7, 11) is 0. The Bertz CT molecular complexity index is 1520. The lowest BCUT2D eigenvalue weighted by Gasteiger charge is -2.19. The van der Waals surface area contributed by atoms with Gasteiger partial charge < -0.3 is 40.7 Å². The fourth-order valence-corrected chi connectivity index (χ4v) is 4.29. The normalized spacial score (nSPS) is 11.0. The van der Waals surface area contributed by atoms with Crippen LogP contribution in [0.15, 0.2) is 30.5 Å². The van der Waals surface area contributed by atoms with Gasteiger partial charge in [-0.15, -0.1) is 0 Å². The fraction of sp³-hybridized carbons (Fsp3) is 0.407. The highest BCUT2D eigenvalue weighted by atomic mass is 16.6. The van der Waals surface area contributed by atoms with Crippen molar-refractivity contribution in [3.8, 4) is 5.75 Å². The molecule has 0 radical (unpaired) electrons. The molecule has 3 aromatic heterocycles. The maximum absolute atomic E-state index is 13.0. The molecule has 14 nitrogen and oxygen atoms in total. The number of benzene rings is 1. The molecular weight excluding hydrogens is 532 g/mol. The van der Waals surface area contributed by atoms with Crippen LogP contribution in [-0.4, -0.2) is 56.7 Å². The van der Waals surface area contributed by atoms with Crippen LogP contribution in [0.5, 0.6) is 5.75 Å². The van der Waals surface area contributed by atoms with Gasteiger partial charge in [0.25, 0.3) is 11.7 Å². The summed E-state index contributed by atoms with van der Waals surface area (Å²) in [5, 5.41) is 13.9. The number of carboxylic acid groups (broad SMARTS) is 1. The Morgan fingerprint density at radius 2 is 1.93 bits per heavy atom. The van der Waals surface area contributed by atoms with Crippen LogP contribution in [0.4, 0.5) is 10.6 Å². The topological polar surface area (TPSA) is 193 Å². The fourth-order valence-electron chi connectivity index (χ4n) is 4.29. The maximum Gasteiger partial charge on any atom is 0.407 e. The number of aromatic nitrogens is 5. The Kier molecular flexibility index (Phi) is 10.1. The largest absolute Gasteiger partial charge is 0.554 e. The Balaban J connectivity index is 0.00000147. The highest BCUT2D eigenvalue weighted by molar-refractivity contribution is 5.98. The summed E-state index contributed by atoms with van der Waals surface area (Å²) < 4.78 is 15.4. The molecule has 0 atom stereocenters. The third-order valence-corrected chi connectivity index (χ3v) is 5.86. The molecule has 0 saturated carbocycles. The molecule has 3 heterocycles. The number of aryl methyl sites for hydroxylation is 2. The minimum absolute atomic E-state index is 0.0693. The number of fused-ring (bicyclic) bond motifs is 2. The van der Waals surface area contributed by atoms with Crippen molar-refractivity contribution in [2.45, 2.75) is 59.9 Å². The molecule has 1 aromatic carbocycles. The molecule has 0 unspecified atom stereocenters. The molecular formula is C27H36N8O6. The second-order valence-corrected chi connectivity index (χ2v) is 9.78. The van der Waals surface area contributed by atoms with Crippen molar-refractivity contribution < 1.29 is 33.5 Å². The van der Waals surface area contributed by atoms with E-state index in [1.54, 1.807) is 12.3 Å². The summed E-state index contributed by atoms with van der Waals surface area (Å²) in [4.78, 5) is 44.6. The molecule has 0 bridgehead atoms. The van der Waals surface area contributed by atoms with Crippen molar-refractivity contribution >= 4 is 46.5 Å². The minimum Gasteiger partial charge on any atom is -0.554 e. The number of anilines is 1. The Hall–Kier alpha value is -4.88. The summed E-state index contributed by atoms with van der Waals surface area (Å²) in [6.07, 6.45) is 1.22. The van der Waals surface area contributed by atoms with E-state index in [2.05, 4.69) is 41.6 Å². The van der Waals surface area contributed by atoms with E-state index in [-0.39, 0.29) is 18.1 Å².